The summed E-state index contributed by atoms with van der Waals surface area (Å²) in [6, 6.07) is 20.7. The Labute approximate surface area is 160 Å². The topological polar surface area (TPSA) is 76.5 Å². The lowest BCUT2D eigenvalue weighted by Crippen LogP contribution is -1.84. The van der Waals surface area contributed by atoms with Gasteiger partial charge in [0.15, 0.2) is 0 Å². The molecule has 0 aliphatic heterocycles. The number of benzene rings is 3. The van der Waals surface area contributed by atoms with Gasteiger partial charge in [0, 0.05) is 21.8 Å². The molecule has 4 N–H and O–H groups in total. The second-order valence-electron chi connectivity index (χ2n) is 6.23. The molecule has 27 heavy (non-hydrogen) atoms. The van der Waals surface area contributed by atoms with Crippen molar-refractivity contribution in [3.63, 3.8) is 0 Å². The normalized spacial score (nSPS) is 10.9. The molecule has 4 aromatic rings. The fourth-order valence-electron chi connectivity index (χ4n) is 3.05. The Balaban J connectivity index is 1.92. The molecule has 0 saturated carbocycles. The van der Waals surface area contributed by atoms with Gasteiger partial charge in [-0.25, -0.2) is 0 Å². The molecule has 3 aromatic carbocycles. The minimum Gasteiger partial charge on any atom is -0.508 e. The number of aromatic hydroxyl groups is 3. The summed E-state index contributed by atoms with van der Waals surface area (Å²) >= 11 is 5.97. The zero-order chi connectivity index (χ0) is 19.0. The van der Waals surface area contributed by atoms with Gasteiger partial charge in [0.1, 0.15) is 17.2 Å². The first kappa shape index (κ1) is 17.1. The van der Waals surface area contributed by atoms with Crippen molar-refractivity contribution in [1.29, 1.82) is 0 Å². The van der Waals surface area contributed by atoms with Gasteiger partial charge in [-0.2, -0.15) is 0 Å². The molecule has 4 nitrogen and oxygen atoms in total. The zero-order valence-corrected chi connectivity index (χ0v) is 14.9. The molecule has 4 rings (SSSR count). The summed E-state index contributed by atoms with van der Waals surface area (Å²) < 4.78 is 0. The molecule has 5 heteroatoms. The second-order valence-corrected chi connectivity index (χ2v) is 6.66. The Morgan fingerprint density at radius 3 is 1.81 bits per heavy atom. The molecule has 1 aromatic heterocycles. The summed E-state index contributed by atoms with van der Waals surface area (Å²) in [5.41, 5.74) is 4.84. The van der Waals surface area contributed by atoms with Crippen LogP contribution in [0.25, 0.3) is 33.6 Å². The van der Waals surface area contributed by atoms with Crippen molar-refractivity contribution >= 4 is 11.6 Å². The predicted octanol–water partition coefficient (Wildman–Crippen LogP) is 5.79. The Morgan fingerprint density at radius 2 is 1.22 bits per heavy atom. The molecular weight excluding hydrogens is 362 g/mol. The third-order valence-corrected chi connectivity index (χ3v) is 4.64. The Hall–Kier alpha value is -3.37. The zero-order valence-electron chi connectivity index (χ0n) is 14.1. The smallest absolute Gasteiger partial charge is 0.126 e. The van der Waals surface area contributed by atoms with Gasteiger partial charge in [-0.05, 0) is 71.8 Å². The van der Waals surface area contributed by atoms with Gasteiger partial charge in [0.25, 0.3) is 0 Å². The Kier molecular flexibility index (Phi) is 4.26. The number of aromatic amines is 1. The van der Waals surface area contributed by atoms with Crippen LogP contribution in [0.4, 0.5) is 0 Å². The number of phenols is 3. The van der Waals surface area contributed by atoms with Crippen molar-refractivity contribution in [3.8, 4) is 50.9 Å². The summed E-state index contributed by atoms with van der Waals surface area (Å²) in [6.07, 6.45) is 0. The van der Waals surface area contributed by atoms with E-state index in [9.17, 15) is 15.3 Å². The van der Waals surface area contributed by atoms with E-state index in [1.807, 2.05) is 30.3 Å². The minimum atomic E-state index is 0.0710. The second kappa shape index (κ2) is 6.74. The van der Waals surface area contributed by atoms with E-state index in [4.69, 9.17) is 11.6 Å². The maximum atomic E-state index is 10.4. The van der Waals surface area contributed by atoms with E-state index >= 15 is 0 Å². The SMILES string of the molecule is Oc1ccc(-c2cc(-c3ccc(O)cc3)c(-c3ccc(Cl)cc3O)[nH]2)cc1. The molecule has 0 amide bonds. The summed E-state index contributed by atoms with van der Waals surface area (Å²) in [4.78, 5) is 3.36. The van der Waals surface area contributed by atoms with Gasteiger partial charge in [-0.3, -0.25) is 0 Å². The van der Waals surface area contributed by atoms with E-state index in [-0.39, 0.29) is 17.2 Å². The average molecular weight is 378 g/mol. The maximum Gasteiger partial charge on any atom is 0.126 e. The summed E-state index contributed by atoms with van der Waals surface area (Å²) in [7, 11) is 0. The first-order chi connectivity index (χ1) is 13.0. The summed E-state index contributed by atoms with van der Waals surface area (Å²) in [5, 5.41) is 30.0. The Morgan fingerprint density at radius 1 is 0.630 bits per heavy atom. The van der Waals surface area contributed by atoms with E-state index in [0.717, 1.165) is 28.1 Å². The molecule has 0 saturated heterocycles. The summed E-state index contributed by atoms with van der Waals surface area (Å²) in [5.74, 6) is 0.449. The van der Waals surface area contributed by atoms with Gasteiger partial charge in [-0.15, -0.1) is 0 Å². The lowest BCUT2D eigenvalue weighted by molar-refractivity contribution is 0.475. The fraction of sp³-hybridized carbons (Fsp3) is 0. The van der Waals surface area contributed by atoms with Crippen molar-refractivity contribution in [2.75, 3.05) is 0 Å². The van der Waals surface area contributed by atoms with Crippen LogP contribution in [0, 0.1) is 0 Å². The van der Waals surface area contributed by atoms with Crippen LogP contribution >= 0.6 is 11.6 Å². The van der Waals surface area contributed by atoms with Gasteiger partial charge < -0.3 is 20.3 Å². The number of halogens is 1. The third-order valence-electron chi connectivity index (χ3n) is 4.40. The molecule has 0 aliphatic carbocycles. The van der Waals surface area contributed by atoms with Crippen LogP contribution in [0.15, 0.2) is 72.8 Å². The van der Waals surface area contributed by atoms with Crippen molar-refractivity contribution in [2.24, 2.45) is 0 Å². The van der Waals surface area contributed by atoms with Crippen LogP contribution in [0.1, 0.15) is 0 Å². The van der Waals surface area contributed by atoms with Gasteiger partial charge in [-0.1, -0.05) is 23.7 Å². The van der Waals surface area contributed by atoms with Gasteiger partial charge >= 0.3 is 0 Å². The number of rotatable bonds is 3. The first-order valence-corrected chi connectivity index (χ1v) is 8.70. The molecular formula is C22H16ClNO3. The van der Waals surface area contributed by atoms with Crippen LogP contribution in [0.5, 0.6) is 17.2 Å². The van der Waals surface area contributed by atoms with Gasteiger partial charge in [0.05, 0.1) is 5.69 Å². The van der Waals surface area contributed by atoms with Crippen molar-refractivity contribution in [2.45, 2.75) is 0 Å². The summed E-state index contributed by atoms with van der Waals surface area (Å²) in [6.45, 7) is 0. The number of phenolic OH excluding ortho intramolecular Hbond substituents is 3. The number of hydrogen-bond donors (Lipinski definition) is 4. The number of nitrogens with one attached hydrogen (secondary N) is 1. The highest BCUT2D eigenvalue weighted by Gasteiger charge is 2.16. The molecule has 0 atom stereocenters. The van der Waals surface area contributed by atoms with E-state index in [2.05, 4.69) is 4.98 Å². The molecule has 0 spiro atoms. The van der Waals surface area contributed by atoms with Crippen molar-refractivity contribution in [3.05, 3.63) is 77.8 Å². The number of aromatic nitrogens is 1. The van der Waals surface area contributed by atoms with Crippen molar-refractivity contribution < 1.29 is 15.3 Å². The largest absolute Gasteiger partial charge is 0.508 e. The highest BCUT2D eigenvalue weighted by atomic mass is 35.5. The predicted molar refractivity (Wildman–Crippen MR) is 107 cm³/mol. The van der Waals surface area contributed by atoms with Crippen LogP contribution in [-0.4, -0.2) is 20.3 Å². The molecule has 0 bridgehead atoms. The molecule has 0 unspecified atom stereocenters. The quantitative estimate of drug-likeness (QED) is 0.365. The lowest BCUT2D eigenvalue weighted by Gasteiger charge is -2.07. The molecule has 0 radical (unpaired) electrons. The van der Waals surface area contributed by atoms with Crippen molar-refractivity contribution in [1.82, 2.24) is 4.98 Å². The molecule has 1 heterocycles. The average Bonchev–Trinajstić information content (AvgIpc) is 3.08. The highest BCUT2D eigenvalue weighted by molar-refractivity contribution is 6.30. The minimum absolute atomic E-state index is 0.0710. The van der Waals surface area contributed by atoms with Gasteiger partial charge in [0.2, 0.25) is 0 Å². The standard InChI is InChI=1S/C22H16ClNO3/c23-15-5-10-18(21(27)11-15)22-19(13-1-6-16(25)7-2-13)12-20(24-22)14-3-8-17(26)9-4-14/h1-12,24-27H. The van der Waals surface area contributed by atoms with Crippen LogP contribution in [0.2, 0.25) is 5.02 Å². The first-order valence-electron chi connectivity index (χ1n) is 8.32. The van der Waals surface area contributed by atoms with Crippen LogP contribution < -0.4 is 0 Å². The fourth-order valence-corrected chi connectivity index (χ4v) is 3.21. The maximum absolute atomic E-state index is 10.4. The molecule has 0 aliphatic rings. The van der Waals surface area contributed by atoms with Crippen LogP contribution in [0.3, 0.4) is 0 Å². The van der Waals surface area contributed by atoms with E-state index in [0.29, 0.717) is 10.6 Å². The Bertz CT molecular complexity index is 1100. The van der Waals surface area contributed by atoms with E-state index < -0.39 is 0 Å². The third kappa shape index (κ3) is 3.35. The number of H-pyrrole nitrogens is 1. The van der Waals surface area contributed by atoms with E-state index in [1.165, 1.54) is 6.07 Å². The van der Waals surface area contributed by atoms with E-state index in [1.54, 1.807) is 36.4 Å². The molecule has 134 valence electrons. The highest BCUT2D eigenvalue weighted by Crippen LogP contribution is 2.40. The monoisotopic (exact) mass is 377 g/mol. The number of hydrogen-bond acceptors (Lipinski definition) is 3. The molecule has 0 fully saturated rings. The van der Waals surface area contributed by atoms with Crippen LogP contribution in [-0.2, 0) is 0 Å². The lowest BCUT2D eigenvalue weighted by atomic mass is 10.0.